The van der Waals surface area contributed by atoms with Crippen molar-refractivity contribution in [1.29, 1.82) is 0 Å². The van der Waals surface area contributed by atoms with Crippen molar-refractivity contribution in [3.05, 3.63) is 58.3 Å². The number of hydrogen-bond donors (Lipinski definition) is 1. The first-order valence-electron chi connectivity index (χ1n) is 7.49. The molecule has 1 heterocycles. The summed E-state index contributed by atoms with van der Waals surface area (Å²) in [5.41, 5.74) is 2.90. The summed E-state index contributed by atoms with van der Waals surface area (Å²) in [6.07, 6.45) is 2.31. The van der Waals surface area contributed by atoms with Gasteiger partial charge in [0.15, 0.2) is 0 Å². The molecule has 0 aliphatic rings. The van der Waals surface area contributed by atoms with Crippen LogP contribution in [0.4, 0.5) is 0 Å². The van der Waals surface area contributed by atoms with Crippen LogP contribution in [0, 0.1) is 5.92 Å². The highest BCUT2D eigenvalue weighted by Gasteiger charge is 2.26. The quantitative estimate of drug-likeness (QED) is 0.777. The predicted octanol–water partition coefficient (Wildman–Crippen LogP) is 4.71. The smallest absolute Gasteiger partial charge is 0.0176 e. The summed E-state index contributed by atoms with van der Waals surface area (Å²) in [6.45, 7) is 4.66. The van der Waals surface area contributed by atoms with Crippen LogP contribution in [-0.2, 0) is 6.42 Å². The van der Waals surface area contributed by atoms with E-state index in [0.29, 0.717) is 17.9 Å². The van der Waals surface area contributed by atoms with Gasteiger partial charge in [-0.15, -0.1) is 0 Å². The van der Waals surface area contributed by atoms with E-state index in [1.807, 2.05) is 0 Å². The maximum atomic E-state index is 3.56. The van der Waals surface area contributed by atoms with E-state index in [1.54, 1.807) is 11.3 Å². The van der Waals surface area contributed by atoms with E-state index in [2.05, 4.69) is 73.4 Å². The Hall–Kier alpha value is -1.12. The van der Waals surface area contributed by atoms with E-state index < -0.39 is 0 Å². The molecule has 20 heavy (non-hydrogen) atoms. The Morgan fingerprint density at radius 3 is 2.45 bits per heavy atom. The second-order valence-electron chi connectivity index (χ2n) is 5.55. The van der Waals surface area contributed by atoms with Gasteiger partial charge in [-0.2, -0.15) is 11.3 Å². The molecule has 0 fully saturated rings. The Morgan fingerprint density at radius 1 is 1.15 bits per heavy atom. The highest BCUT2D eigenvalue weighted by molar-refractivity contribution is 7.07. The number of hydrogen-bond acceptors (Lipinski definition) is 2. The van der Waals surface area contributed by atoms with Crippen molar-refractivity contribution in [2.24, 2.45) is 5.92 Å². The Balaban J connectivity index is 2.24. The molecule has 1 nitrogen and oxygen atoms in total. The Labute approximate surface area is 127 Å². The molecule has 0 saturated carbocycles. The summed E-state index contributed by atoms with van der Waals surface area (Å²) in [4.78, 5) is 0. The third-order valence-electron chi connectivity index (χ3n) is 4.28. The summed E-state index contributed by atoms with van der Waals surface area (Å²) in [7, 11) is 2.09. The normalized spacial score (nSPS) is 15.8. The zero-order chi connectivity index (χ0) is 14.4. The van der Waals surface area contributed by atoms with Gasteiger partial charge >= 0.3 is 0 Å². The van der Waals surface area contributed by atoms with Crippen molar-refractivity contribution in [1.82, 2.24) is 5.32 Å². The van der Waals surface area contributed by atoms with E-state index >= 15 is 0 Å². The first-order valence-corrected chi connectivity index (χ1v) is 8.43. The van der Waals surface area contributed by atoms with Gasteiger partial charge < -0.3 is 5.32 Å². The van der Waals surface area contributed by atoms with Crippen LogP contribution < -0.4 is 5.32 Å². The average Bonchev–Trinajstić information content (AvgIpc) is 3.00. The molecule has 0 saturated heterocycles. The third-order valence-corrected chi connectivity index (χ3v) is 5.01. The zero-order valence-corrected chi connectivity index (χ0v) is 13.5. The molecule has 0 aliphatic heterocycles. The number of benzene rings is 1. The Bertz CT molecular complexity index is 477. The van der Waals surface area contributed by atoms with Gasteiger partial charge in [-0.3, -0.25) is 0 Å². The molecular formula is C18H25NS. The molecule has 3 atom stereocenters. The molecule has 0 aliphatic carbocycles. The lowest BCUT2D eigenvalue weighted by Gasteiger charge is -2.32. The molecule has 2 heteroatoms. The first kappa shape index (κ1) is 15.3. The zero-order valence-electron chi connectivity index (χ0n) is 12.7. The number of rotatable bonds is 7. The van der Waals surface area contributed by atoms with Crippen molar-refractivity contribution >= 4 is 11.3 Å². The van der Waals surface area contributed by atoms with Crippen molar-refractivity contribution in [2.45, 2.75) is 38.6 Å². The van der Waals surface area contributed by atoms with Crippen molar-refractivity contribution in [2.75, 3.05) is 7.05 Å². The largest absolute Gasteiger partial charge is 0.316 e. The highest BCUT2D eigenvalue weighted by Crippen LogP contribution is 2.32. The summed E-state index contributed by atoms with van der Waals surface area (Å²) in [5, 5.41) is 8.00. The van der Waals surface area contributed by atoms with Crippen LogP contribution in [0.1, 0.15) is 37.3 Å². The fraction of sp³-hybridized carbons (Fsp3) is 0.444. The molecule has 3 unspecified atom stereocenters. The molecule has 0 bridgehead atoms. The van der Waals surface area contributed by atoms with Gasteiger partial charge in [0.1, 0.15) is 0 Å². The van der Waals surface area contributed by atoms with Crippen LogP contribution in [0.5, 0.6) is 0 Å². The lowest BCUT2D eigenvalue weighted by atomic mass is 9.78. The van der Waals surface area contributed by atoms with Gasteiger partial charge in [0.05, 0.1) is 0 Å². The van der Waals surface area contributed by atoms with Crippen LogP contribution in [0.15, 0.2) is 47.2 Å². The molecular weight excluding hydrogens is 262 g/mol. The maximum absolute atomic E-state index is 3.56. The van der Waals surface area contributed by atoms with Crippen molar-refractivity contribution in [3.8, 4) is 0 Å². The Kier molecular flexibility index (Phi) is 5.81. The summed E-state index contributed by atoms with van der Waals surface area (Å²) in [6, 6.07) is 13.7. The van der Waals surface area contributed by atoms with Gasteiger partial charge in [-0.05, 0) is 47.3 Å². The highest BCUT2D eigenvalue weighted by atomic mass is 32.1. The van der Waals surface area contributed by atoms with Gasteiger partial charge in [-0.25, -0.2) is 0 Å². The predicted molar refractivity (Wildman–Crippen MR) is 89.5 cm³/mol. The average molecular weight is 287 g/mol. The topological polar surface area (TPSA) is 12.0 Å². The minimum absolute atomic E-state index is 0.488. The first-order chi connectivity index (χ1) is 9.76. The lowest BCUT2D eigenvalue weighted by Crippen LogP contribution is -2.37. The molecule has 108 valence electrons. The second-order valence-corrected chi connectivity index (χ2v) is 6.33. The Morgan fingerprint density at radius 2 is 1.90 bits per heavy atom. The van der Waals surface area contributed by atoms with Crippen molar-refractivity contribution < 1.29 is 0 Å². The fourth-order valence-electron chi connectivity index (χ4n) is 2.96. The number of likely N-dealkylation sites (N-methyl/N-ethyl adjacent to an activating group) is 1. The van der Waals surface area contributed by atoms with Crippen LogP contribution in [-0.4, -0.2) is 13.1 Å². The monoisotopic (exact) mass is 287 g/mol. The number of nitrogens with one attached hydrogen (secondary N) is 1. The molecule has 1 N–H and O–H groups in total. The van der Waals surface area contributed by atoms with Gasteiger partial charge in [-0.1, -0.05) is 50.6 Å². The van der Waals surface area contributed by atoms with Gasteiger partial charge in [0.25, 0.3) is 0 Å². The molecule has 1 aromatic carbocycles. The van der Waals surface area contributed by atoms with E-state index in [0.717, 1.165) is 6.42 Å². The maximum Gasteiger partial charge on any atom is 0.0176 e. The summed E-state index contributed by atoms with van der Waals surface area (Å²) < 4.78 is 0. The number of thiophene rings is 1. The minimum Gasteiger partial charge on any atom is -0.316 e. The molecule has 0 spiro atoms. The molecule has 2 rings (SSSR count). The van der Waals surface area contributed by atoms with Gasteiger partial charge in [0.2, 0.25) is 0 Å². The molecule has 0 amide bonds. The van der Waals surface area contributed by atoms with Crippen molar-refractivity contribution in [3.63, 3.8) is 0 Å². The van der Waals surface area contributed by atoms with E-state index in [4.69, 9.17) is 0 Å². The van der Waals surface area contributed by atoms with Gasteiger partial charge in [0, 0.05) is 12.0 Å². The van der Waals surface area contributed by atoms with E-state index in [1.165, 1.54) is 17.5 Å². The van der Waals surface area contributed by atoms with Crippen LogP contribution >= 0.6 is 11.3 Å². The standard InChI is InChI=1S/C18H25NS/c1-4-14(2)18(16-8-6-5-7-9-16)17(19-3)12-15-10-11-20-13-15/h5-11,13-14,17-19H,4,12H2,1-3H3. The van der Waals surface area contributed by atoms with E-state index in [9.17, 15) is 0 Å². The lowest BCUT2D eigenvalue weighted by molar-refractivity contribution is 0.346. The molecule has 2 aromatic rings. The summed E-state index contributed by atoms with van der Waals surface area (Å²) in [5.74, 6) is 1.24. The van der Waals surface area contributed by atoms with Crippen LogP contribution in [0.2, 0.25) is 0 Å². The van der Waals surface area contributed by atoms with E-state index in [-0.39, 0.29) is 0 Å². The second kappa shape index (κ2) is 7.61. The van der Waals surface area contributed by atoms with Crippen LogP contribution in [0.25, 0.3) is 0 Å². The molecule has 1 aromatic heterocycles. The third kappa shape index (κ3) is 3.71. The van der Waals surface area contributed by atoms with Crippen LogP contribution in [0.3, 0.4) is 0 Å². The fourth-order valence-corrected chi connectivity index (χ4v) is 3.64. The minimum atomic E-state index is 0.488. The SMILES string of the molecule is CCC(C)C(c1ccccc1)C(Cc1ccsc1)NC. The molecule has 0 radical (unpaired) electrons. The summed E-state index contributed by atoms with van der Waals surface area (Å²) >= 11 is 1.79.